The fraction of sp³-hybridized carbons (Fsp3) is 0.636. The number of hydrogen-bond acceptors (Lipinski definition) is 5. The smallest absolute Gasteiger partial charge is 0.267 e. The van der Waals surface area contributed by atoms with Gasteiger partial charge in [-0.3, -0.25) is 4.79 Å². The zero-order valence-electron chi connectivity index (χ0n) is 11.0. The van der Waals surface area contributed by atoms with E-state index < -0.39 is 0 Å². The van der Waals surface area contributed by atoms with Gasteiger partial charge in [-0.2, -0.15) is 0 Å². The van der Waals surface area contributed by atoms with E-state index in [1.54, 1.807) is 11.9 Å². The van der Waals surface area contributed by atoms with Crippen LogP contribution in [-0.2, 0) is 0 Å². The normalized spacial score (nSPS) is 11.4. The number of amides is 1. The summed E-state index contributed by atoms with van der Waals surface area (Å²) in [5, 5.41) is 3.89. The fourth-order valence-electron chi connectivity index (χ4n) is 1.18. The first kappa shape index (κ1) is 13.8. The summed E-state index contributed by atoms with van der Waals surface area (Å²) in [6.45, 7) is 8.67. The lowest BCUT2D eigenvalue weighted by atomic mass is 10.1. The summed E-state index contributed by atoms with van der Waals surface area (Å²) in [6, 6.07) is 0. The Morgan fingerprint density at radius 3 is 2.59 bits per heavy atom. The molecule has 0 fully saturated rings. The van der Waals surface area contributed by atoms with Crippen molar-refractivity contribution in [2.45, 2.75) is 33.2 Å². The number of nitrogens with one attached hydrogen (secondary N) is 1. The number of nitrogen functional groups attached to an aromatic ring is 1. The predicted molar refractivity (Wildman–Crippen MR) is 72.5 cm³/mol. The number of rotatable bonds is 3. The van der Waals surface area contributed by atoms with Gasteiger partial charge in [0.1, 0.15) is 10.7 Å². The van der Waals surface area contributed by atoms with Gasteiger partial charge in [-0.1, -0.05) is 11.3 Å². The van der Waals surface area contributed by atoms with Crippen LogP contribution in [0.15, 0.2) is 0 Å². The molecule has 0 bridgehead atoms. The number of hydrogen-bond donors (Lipinski definition) is 2. The third kappa shape index (κ3) is 3.59. The van der Waals surface area contributed by atoms with Crippen LogP contribution < -0.4 is 11.1 Å². The Morgan fingerprint density at radius 1 is 1.53 bits per heavy atom. The van der Waals surface area contributed by atoms with Crippen LogP contribution in [0.1, 0.15) is 37.4 Å². The third-order valence-corrected chi connectivity index (χ3v) is 3.13. The number of carbonyl (C=O) groups excluding carboxylic acids is 1. The molecule has 1 heterocycles. The first-order chi connectivity index (χ1) is 7.74. The minimum atomic E-state index is -0.0960. The molecule has 0 spiro atoms. The molecule has 6 heteroatoms. The third-order valence-electron chi connectivity index (χ3n) is 2.15. The highest BCUT2D eigenvalue weighted by molar-refractivity contribution is 7.18. The summed E-state index contributed by atoms with van der Waals surface area (Å²) < 4.78 is 0. The molecule has 0 aliphatic heterocycles. The number of anilines is 2. The Bertz CT molecular complexity index is 408. The Hall–Kier alpha value is -1.30. The van der Waals surface area contributed by atoms with E-state index in [0.29, 0.717) is 22.4 Å². The number of thiazole rings is 1. The van der Waals surface area contributed by atoms with E-state index in [4.69, 9.17) is 5.73 Å². The van der Waals surface area contributed by atoms with Crippen molar-refractivity contribution in [2.75, 3.05) is 24.6 Å². The topological polar surface area (TPSA) is 71.2 Å². The first-order valence-corrected chi connectivity index (χ1v) is 6.36. The van der Waals surface area contributed by atoms with Crippen LogP contribution in [0.3, 0.4) is 0 Å². The van der Waals surface area contributed by atoms with Gasteiger partial charge in [-0.05, 0) is 27.7 Å². The van der Waals surface area contributed by atoms with Crippen molar-refractivity contribution in [3.8, 4) is 0 Å². The van der Waals surface area contributed by atoms with Gasteiger partial charge in [0, 0.05) is 19.1 Å². The molecule has 0 aliphatic carbocycles. The number of nitrogens with zero attached hydrogens (tertiary/aromatic N) is 2. The second kappa shape index (κ2) is 4.91. The largest absolute Gasteiger partial charge is 0.382 e. The molecule has 0 saturated carbocycles. The molecule has 0 saturated heterocycles. The highest BCUT2D eigenvalue weighted by Gasteiger charge is 2.20. The summed E-state index contributed by atoms with van der Waals surface area (Å²) in [7, 11) is 1.75. The second-order valence-corrected chi connectivity index (χ2v) is 5.93. The Kier molecular flexibility index (Phi) is 3.98. The summed E-state index contributed by atoms with van der Waals surface area (Å²) in [4.78, 5) is 18.3. The van der Waals surface area contributed by atoms with Crippen LogP contribution in [-0.4, -0.2) is 34.9 Å². The number of aromatic nitrogens is 1. The molecule has 0 radical (unpaired) electrons. The van der Waals surface area contributed by atoms with Gasteiger partial charge in [0.2, 0.25) is 0 Å². The van der Waals surface area contributed by atoms with E-state index in [9.17, 15) is 4.79 Å². The van der Waals surface area contributed by atoms with Crippen LogP contribution in [0, 0.1) is 0 Å². The summed E-state index contributed by atoms with van der Waals surface area (Å²) in [5.41, 5.74) is 5.67. The minimum absolute atomic E-state index is 0.0792. The van der Waals surface area contributed by atoms with E-state index in [1.165, 1.54) is 11.3 Å². The SMILES string of the molecule is CCN(C)C(=O)c1sc(NC(C)(C)C)nc1N. The Labute approximate surface area is 106 Å². The molecule has 1 rings (SSSR count). The minimum Gasteiger partial charge on any atom is -0.382 e. The highest BCUT2D eigenvalue weighted by atomic mass is 32.1. The molecule has 0 aliphatic rings. The van der Waals surface area contributed by atoms with Crippen LogP contribution in [0.25, 0.3) is 0 Å². The molecule has 1 aromatic heterocycles. The summed E-state index contributed by atoms with van der Waals surface area (Å²) in [5.74, 6) is 0.219. The molecule has 5 nitrogen and oxygen atoms in total. The van der Waals surface area contributed by atoms with Crippen LogP contribution >= 0.6 is 11.3 Å². The van der Waals surface area contributed by atoms with Crippen molar-refractivity contribution in [1.82, 2.24) is 9.88 Å². The van der Waals surface area contributed by atoms with E-state index in [-0.39, 0.29) is 11.4 Å². The van der Waals surface area contributed by atoms with Crippen molar-refractivity contribution < 1.29 is 4.79 Å². The molecular weight excluding hydrogens is 236 g/mol. The standard InChI is InChI=1S/C11H20N4OS/c1-6-15(5)9(16)7-8(12)13-10(17-7)14-11(2,3)4/h6,12H2,1-5H3,(H,13,14). The summed E-state index contributed by atoms with van der Waals surface area (Å²) in [6.07, 6.45) is 0. The van der Waals surface area contributed by atoms with Gasteiger partial charge >= 0.3 is 0 Å². The van der Waals surface area contributed by atoms with E-state index in [1.807, 2.05) is 27.7 Å². The zero-order valence-corrected chi connectivity index (χ0v) is 11.8. The van der Waals surface area contributed by atoms with Crippen LogP contribution in [0.4, 0.5) is 10.9 Å². The predicted octanol–water partition coefficient (Wildman–Crippen LogP) is 2.03. The molecule has 96 valence electrons. The molecule has 1 aromatic rings. The molecule has 0 atom stereocenters. The molecule has 3 N–H and O–H groups in total. The second-order valence-electron chi connectivity index (χ2n) is 4.93. The van der Waals surface area contributed by atoms with Gasteiger partial charge in [0.25, 0.3) is 5.91 Å². The molecule has 0 unspecified atom stereocenters. The number of carbonyl (C=O) groups is 1. The maximum absolute atomic E-state index is 12.0. The van der Waals surface area contributed by atoms with E-state index in [0.717, 1.165) is 0 Å². The van der Waals surface area contributed by atoms with Gasteiger partial charge < -0.3 is 16.0 Å². The van der Waals surface area contributed by atoms with Crippen molar-refractivity contribution >= 4 is 28.2 Å². The van der Waals surface area contributed by atoms with Crippen LogP contribution in [0.2, 0.25) is 0 Å². The van der Waals surface area contributed by atoms with Gasteiger partial charge in [0.05, 0.1) is 0 Å². The maximum Gasteiger partial charge on any atom is 0.267 e. The van der Waals surface area contributed by atoms with Gasteiger partial charge in [0.15, 0.2) is 5.13 Å². The van der Waals surface area contributed by atoms with Gasteiger partial charge in [-0.15, -0.1) is 0 Å². The Balaban J connectivity index is 2.93. The molecular formula is C11H20N4OS. The lowest BCUT2D eigenvalue weighted by Crippen LogP contribution is -2.26. The highest BCUT2D eigenvalue weighted by Crippen LogP contribution is 2.28. The quantitative estimate of drug-likeness (QED) is 0.868. The van der Waals surface area contributed by atoms with Crippen molar-refractivity contribution in [3.05, 3.63) is 4.88 Å². The zero-order chi connectivity index (χ0) is 13.2. The fourth-order valence-corrected chi connectivity index (χ4v) is 2.26. The lowest BCUT2D eigenvalue weighted by molar-refractivity contribution is 0.0808. The Morgan fingerprint density at radius 2 is 2.12 bits per heavy atom. The maximum atomic E-state index is 12.0. The molecule has 17 heavy (non-hydrogen) atoms. The van der Waals surface area contributed by atoms with Crippen molar-refractivity contribution in [3.63, 3.8) is 0 Å². The molecule has 0 aromatic carbocycles. The lowest BCUT2D eigenvalue weighted by Gasteiger charge is -2.19. The van der Waals surface area contributed by atoms with E-state index >= 15 is 0 Å². The van der Waals surface area contributed by atoms with E-state index in [2.05, 4.69) is 10.3 Å². The monoisotopic (exact) mass is 256 g/mol. The van der Waals surface area contributed by atoms with Crippen LogP contribution in [0.5, 0.6) is 0 Å². The van der Waals surface area contributed by atoms with Crippen molar-refractivity contribution in [2.24, 2.45) is 0 Å². The van der Waals surface area contributed by atoms with Gasteiger partial charge in [-0.25, -0.2) is 4.98 Å². The average Bonchev–Trinajstić information content (AvgIpc) is 2.54. The average molecular weight is 256 g/mol. The molecule has 1 amide bonds. The van der Waals surface area contributed by atoms with Crippen molar-refractivity contribution in [1.29, 1.82) is 0 Å². The summed E-state index contributed by atoms with van der Waals surface area (Å²) >= 11 is 1.30. The first-order valence-electron chi connectivity index (χ1n) is 5.54. The number of nitrogens with two attached hydrogens (primary N) is 1.